The van der Waals surface area contributed by atoms with Crippen molar-refractivity contribution in [2.24, 2.45) is 11.8 Å². The molecule has 1 spiro atoms. The van der Waals surface area contributed by atoms with Gasteiger partial charge in [0.2, 0.25) is 0 Å². The first-order valence-electron chi connectivity index (χ1n) is 9.19. The average molecular weight is 337 g/mol. The van der Waals surface area contributed by atoms with Crippen molar-refractivity contribution in [3.8, 4) is 0 Å². The molecule has 24 heavy (non-hydrogen) atoms. The first-order valence-corrected chi connectivity index (χ1v) is 9.19. The summed E-state index contributed by atoms with van der Waals surface area (Å²) in [6.45, 7) is 6.61. The summed E-state index contributed by atoms with van der Waals surface area (Å²) < 4.78 is 0. The van der Waals surface area contributed by atoms with Gasteiger partial charge in [-0.05, 0) is 44.4 Å². The van der Waals surface area contributed by atoms with Crippen LogP contribution in [-0.2, 0) is 9.59 Å². The van der Waals surface area contributed by atoms with E-state index in [1.54, 1.807) is 0 Å². The lowest BCUT2D eigenvalue weighted by molar-refractivity contribution is -0.900. The van der Waals surface area contributed by atoms with Gasteiger partial charge in [0.15, 0.2) is 6.54 Å². The predicted octanol–water partition coefficient (Wildman–Crippen LogP) is -0.167. The minimum absolute atomic E-state index is 0.260. The predicted molar refractivity (Wildman–Crippen MR) is 87.8 cm³/mol. The number of quaternary nitrogens is 1. The molecule has 4 amide bonds. The molecule has 2 atom stereocenters. The molecule has 3 aliphatic rings. The highest BCUT2D eigenvalue weighted by Gasteiger charge is 2.53. The van der Waals surface area contributed by atoms with Crippen LogP contribution in [-0.4, -0.2) is 48.0 Å². The van der Waals surface area contributed by atoms with Crippen LogP contribution in [0.2, 0.25) is 0 Å². The maximum absolute atomic E-state index is 12.7. The van der Waals surface area contributed by atoms with E-state index in [4.69, 9.17) is 0 Å². The largest absolute Gasteiger partial charge is 0.344 e. The minimum Gasteiger partial charge on any atom is -0.327 e. The van der Waals surface area contributed by atoms with Crippen LogP contribution in [0.4, 0.5) is 4.79 Å². The van der Waals surface area contributed by atoms with E-state index < -0.39 is 11.6 Å². The second-order valence-corrected chi connectivity index (χ2v) is 8.00. The third kappa shape index (κ3) is 3.41. The number of carbonyl (C=O) groups is 3. The molecular weight excluding hydrogens is 308 g/mol. The summed E-state index contributed by atoms with van der Waals surface area (Å²) >= 11 is 0. The van der Waals surface area contributed by atoms with Crippen LogP contribution < -0.4 is 15.6 Å². The van der Waals surface area contributed by atoms with E-state index in [0.29, 0.717) is 31.2 Å². The van der Waals surface area contributed by atoms with E-state index in [0.717, 1.165) is 37.4 Å². The minimum atomic E-state index is -0.802. The number of carbonyl (C=O) groups excluding carboxylic acids is 3. The smallest absolute Gasteiger partial charge is 0.327 e. The Balaban J connectivity index is 1.57. The van der Waals surface area contributed by atoms with Gasteiger partial charge in [0, 0.05) is 5.92 Å². The molecule has 1 unspecified atom stereocenters. The molecule has 0 aromatic rings. The van der Waals surface area contributed by atoms with Gasteiger partial charge in [0.25, 0.3) is 11.8 Å². The Morgan fingerprint density at radius 3 is 2.62 bits per heavy atom. The van der Waals surface area contributed by atoms with Crippen molar-refractivity contribution in [2.75, 3.05) is 19.6 Å². The molecule has 3 fully saturated rings. The number of rotatable bonds is 3. The SMILES string of the molecule is CC1CCC2(CC1)NC(=O)N(NC(=O)C[NH+]1CCC[C@@H](C)C1)C2=O. The Morgan fingerprint density at radius 1 is 1.25 bits per heavy atom. The molecule has 2 saturated heterocycles. The number of imide groups is 1. The number of piperidine rings is 1. The molecule has 0 bridgehead atoms. The fourth-order valence-electron chi connectivity index (χ4n) is 4.26. The molecule has 134 valence electrons. The number of hydrogen-bond donors (Lipinski definition) is 3. The molecule has 2 heterocycles. The van der Waals surface area contributed by atoms with Crippen LogP contribution in [0.1, 0.15) is 52.4 Å². The van der Waals surface area contributed by atoms with Crippen LogP contribution in [0.15, 0.2) is 0 Å². The zero-order chi connectivity index (χ0) is 17.3. The van der Waals surface area contributed by atoms with Gasteiger partial charge >= 0.3 is 6.03 Å². The number of nitrogens with one attached hydrogen (secondary N) is 3. The van der Waals surface area contributed by atoms with Gasteiger partial charge in [0.05, 0.1) is 13.1 Å². The lowest BCUT2D eigenvalue weighted by Crippen LogP contribution is -3.14. The highest BCUT2D eigenvalue weighted by molar-refractivity contribution is 6.08. The highest BCUT2D eigenvalue weighted by Crippen LogP contribution is 2.35. The first kappa shape index (κ1) is 17.2. The number of nitrogens with zero attached hydrogens (tertiary/aromatic N) is 1. The van der Waals surface area contributed by atoms with Crippen LogP contribution in [0, 0.1) is 11.8 Å². The Hall–Kier alpha value is -1.63. The lowest BCUT2D eigenvalue weighted by atomic mass is 9.77. The fraction of sp³-hybridized carbons (Fsp3) is 0.824. The van der Waals surface area contributed by atoms with Gasteiger partial charge in [-0.2, -0.15) is 5.01 Å². The number of likely N-dealkylation sites (tertiary alicyclic amines) is 1. The summed E-state index contributed by atoms with van der Waals surface area (Å²) in [5.41, 5.74) is 1.73. The summed E-state index contributed by atoms with van der Waals surface area (Å²) in [4.78, 5) is 38.4. The maximum atomic E-state index is 12.7. The molecule has 0 aromatic carbocycles. The van der Waals surface area contributed by atoms with Crippen molar-refractivity contribution in [3.63, 3.8) is 0 Å². The van der Waals surface area contributed by atoms with E-state index in [1.165, 1.54) is 11.3 Å². The molecule has 3 N–H and O–H groups in total. The van der Waals surface area contributed by atoms with Gasteiger partial charge in [-0.15, -0.1) is 0 Å². The zero-order valence-corrected chi connectivity index (χ0v) is 14.7. The molecule has 0 radical (unpaired) electrons. The van der Waals surface area contributed by atoms with Crippen LogP contribution in [0.25, 0.3) is 0 Å². The number of urea groups is 1. The topological polar surface area (TPSA) is 83.0 Å². The zero-order valence-electron chi connectivity index (χ0n) is 14.7. The highest BCUT2D eigenvalue weighted by atomic mass is 16.2. The first-order chi connectivity index (χ1) is 11.4. The normalized spacial score (nSPS) is 36.8. The third-order valence-corrected chi connectivity index (χ3v) is 5.80. The van der Waals surface area contributed by atoms with Crippen molar-refractivity contribution in [2.45, 2.75) is 57.9 Å². The van der Waals surface area contributed by atoms with Crippen molar-refractivity contribution in [1.82, 2.24) is 15.8 Å². The van der Waals surface area contributed by atoms with Crippen molar-refractivity contribution < 1.29 is 19.3 Å². The molecule has 1 saturated carbocycles. The Bertz CT molecular complexity index is 528. The summed E-state index contributed by atoms with van der Waals surface area (Å²) in [6.07, 6.45) is 5.47. The summed E-state index contributed by atoms with van der Waals surface area (Å²) in [6, 6.07) is -0.495. The summed E-state index contributed by atoms with van der Waals surface area (Å²) in [7, 11) is 0. The Labute approximate surface area is 143 Å². The van der Waals surface area contributed by atoms with Gasteiger partial charge in [-0.1, -0.05) is 13.8 Å². The number of amides is 4. The van der Waals surface area contributed by atoms with Gasteiger partial charge < -0.3 is 10.2 Å². The summed E-state index contributed by atoms with van der Waals surface area (Å²) in [5.74, 6) is 0.637. The van der Waals surface area contributed by atoms with Crippen molar-refractivity contribution in [1.29, 1.82) is 0 Å². The summed E-state index contributed by atoms with van der Waals surface area (Å²) in [5, 5.41) is 3.73. The lowest BCUT2D eigenvalue weighted by Gasteiger charge is -2.33. The quantitative estimate of drug-likeness (QED) is 0.626. The van der Waals surface area contributed by atoms with E-state index in [-0.39, 0.29) is 11.8 Å². The molecule has 1 aliphatic carbocycles. The number of hydrogen-bond acceptors (Lipinski definition) is 3. The van der Waals surface area contributed by atoms with Crippen molar-refractivity contribution in [3.05, 3.63) is 0 Å². The van der Waals surface area contributed by atoms with Gasteiger partial charge in [-0.25, -0.2) is 4.79 Å². The fourth-order valence-corrected chi connectivity index (χ4v) is 4.26. The Kier molecular flexibility index (Phi) is 4.80. The third-order valence-electron chi connectivity index (χ3n) is 5.80. The van der Waals surface area contributed by atoms with Crippen LogP contribution >= 0.6 is 0 Å². The van der Waals surface area contributed by atoms with E-state index in [2.05, 4.69) is 24.6 Å². The molecule has 3 rings (SSSR count). The molecule has 7 heteroatoms. The number of hydrazine groups is 1. The van der Waals surface area contributed by atoms with Gasteiger partial charge in [0.1, 0.15) is 5.54 Å². The molecule has 0 aromatic heterocycles. The van der Waals surface area contributed by atoms with Crippen LogP contribution in [0.3, 0.4) is 0 Å². The standard InChI is InChI=1S/C17H28N4O3/c1-12-5-7-17(8-6-12)15(23)21(16(24)18-17)19-14(22)11-20-9-3-4-13(2)10-20/h12-13H,3-11H2,1-2H3,(H,18,24)(H,19,22)/p+1/t12?,13-,17?/m1/s1. The van der Waals surface area contributed by atoms with Gasteiger partial charge in [-0.3, -0.25) is 15.0 Å². The van der Waals surface area contributed by atoms with E-state index in [9.17, 15) is 14.4 Å². The molecule has 2 aliphatic heterocycles. The second-order valence-electron chi connectivity index (χ2n) is 8.00. The monoisotopic (exact) mass is 337 g/mol. The van der Waals surface area contributed by atoms with E-state index >= 15 is 0 Å². The maximum Gasteiger partial charge on any atom is 0.344 e. The van der Waals surface area contributed by atoms with Crippen LogP contribution in [0.5, 0.6) is 0 Å². The second kappa shape index (κ2) is 6.70. The molecular formula is C17H29N4O3+. The van der Waals surface area contributed by atoms with Crippen molar-refractivity contribution >= 4 is 17.8 Å². The van der Waals surface area contributed by atoms with E-state index in [1.807, 2.05) is 0 Å². The molecule has 7 nitrogen and oxygen atoms in total. The Morgan fingerprint density at radius 2 is 1.96 bits per heavy atom. The average Bonchev–Trinajstić information content (AvgIpc) is 2.75.